The molecule has 0 unspecified atom stereocenters. The number of esters is 2. The van der Waals surface area contributed by atoms with Crippen LogP contribution in [0.3, 0.4) is 0 Å². The van der Waals surface area contributed by atoms with Gasteiger partial charge in [-0.25, -0.2) is 9.59 Å². The molecular formula is C34H32O4S7Si. The lowest BCUT2D eigenvalue weighted by molar-refractivity contribution is 0.0513. The van der Waals surface area contributed by atoms with Gasteiger partial charge in [0.05, 0.1) is 55.4 Å². The molecule has 0 amide bonds. The van der Waals surface area contributed by atoms with Crippen molar-refractivity contribution in [3.63, 3.8) is 0 Å². The summed E-state index contributed by atoms with van der Waals surface area (Å²) in [7, 11) is -1.43. The molecule has 0 aliphatic carbocycles. The second kappa shape index (κ2) is 12.4. The first-order valence-electron chi connectivity index (χ1n) is 15.1. The summed E-state index contributed by atoms with van der Waals surface area (Å²) in [4.78, 5) is 29.0. The van der Waals surface area contributed by atoms with Crippen molar-refractivity contribution in [2.75, 3.05) is 13.2 Å². The van der Waals surface area contributed by atoms with Crippen molar-refractivity contribution >= 4 is 142 Å². The minimum Gasteiger partial charge on any atom is -0.462 e. The molecular weight excluding hydrogens is 725 g/mol. The van der Waals surface area contributed by atoms with Crippen LogP contribution in [0.4, 0.5) is 0 Å². The van der Waals surface area contributed by atoms with Crippen LogP contribution in [0.25, 0.3) is 58.5 Å². The smallest absolute Gasteiger partial charge is 0.338 e. The van der Waals surface area contributed by atoms with Crippen LogP contribution >= 0.6 is 79.8 Å². The highest BCUT2D eigenvalue weighted by molar-refractivity contribution is 8.01. The van der Waals surface area contributed by atoms with Gasteiger partial charge in [0.25, 0.3) is 0 Å². The molecule has 0 N–H and O–H groups in total. The quantitative estimate of drug-likeness (QED) is 0.0834. The summed E-state index contributed by atoms with van der Waals surface area (Å²) in [6, 6.07) is 12.7. The molecule has 0 bridgehead atoms. The van der Waals surface area contributed by atoms with Crippen molar-refractivity contribution in [3.8, 4) is 20.9 Å². The predicted octanol–water partition coefficient (Wildman–Crippen LogP) is 12.4. The number of rotatable bonds is 9. The summed E-state index contributed by atoms with van der Waals surface area (Å²) < 4.78 is 24.1. The maximum absolute atomic E-state index is 13.6. The van der Waals surface area contributed by atoms with Crippen LogP contribution in [0.5, 0.6) is 0 Å². The fraction of sp³-hybridized carbons (Fsp3) is 0.294. The van der Waals surface area contributed by atoms with Gasteiger partial charge in [-0.1, -0.05) is 33.5 Å². The largest absolute Gasteiger partial charge is 0.462 e. The third-order valence-corrected chi connectivity index (χ3v) is 19.7. The average molecular weight is 757 g/mol. The first-order chi connectivity index (χ1) is 21.9. The van der Waals surface area contributed by atoms with E-state index in [1.165, 1.54) is 46.3 Å². The first-order valence-corrected chi connectivity index (χ1v) is 24.3. The first kappa shape index (κ1) is 32.5. The van der Waals surface area contributed by atoms with Crippen LogP contribution in [0, 0.1) is 0 Å². The van der Waals surface area contributed by atoms with E-state index < -0.39 is 8.07 Å². The van der Waals surface area contributed by atoms with Crippen molar-refractivity contribution in [1.82, 2.24) is 0 Å². The fourth-order valence-corrected chi connectivity index (χ4v) is 16.9. The van der Waals surface area contributed by atoms with Crippen LogP contribution in [-0.4, -0.2) is 38.5 Å². The van der Waals surface area contributed by atoms with Gasteiger partial charge in [-0.3, -0.25) is 0 Å². The van der Waals surface area contributed by atoms with Gasteiger partial charge < -0.3 is 9.47 Å². The summed E-state index contributed by atoms with van der Waals surface area (Å²) in [5.74, 6) is -0.774. The molecule has 7 rings (SSSR count). The Morgan fingerprint density at radius 3 is 1.59 bits per heavy atom. The lowest BCUT2D eigenvalue weighted by Crippen LogP contribution is -2.34. The molecule has 238 valence electrons. The fourth-order valence-electron chi connectivity index (χ4n) is 5.34. The Morgan fingerprint density at radius 2 is 1.11 bits per heavy atom. The predicted molar refractivity (Wildman–Crippen MR) is 210 cm³/mol. The number of ether oxygens (including phenoxy) is 2. The molecule has 0 spiro atoms. The molecule has 7 aromatic rings. The van der Waals surface area contributed by atoms with Gasteiger partial charge in [0, 0.05) is 44.9 Å². The molecule has 0 radical (unpaired) electrons. The van der Waals surface area contributed by atoms with Gasteiger partial charge in [0.1, 0.15) is 0 Å². The highest BCUT2D eigenvalue weighted by Crippen LogP contribution is 2.50. The zero-order valence-corrected chi connectivity index (χ0v) is 33.2. The number of benzene rings is 1. The van der Waals surface area contributed by atoms with Crippen LogP contribution in [0.2, 0.25) is 19.6 Å². The Labute approximate surface area is 297 Å². The Balaban J connectivity index is 1.40. The Morgan fingerprint density at radius 1 is 0.652 bits per heavy atom. The summed E-state index contributed by atoms with van der Waals surface area (Å²) in [6.07, 6.45) is 0. The van der Waals surface area contributed by atoms with E-state index in [2.05, 4.69) is 57.8 Å². The van der Waals surface area contributed by atoms with Crippen molar-refractivity contribution in [2.45, 2.75) is 56.8 Å². The van der Waals surface area contributed by atoms with Gasteiger partial charge >= 0.3 is 11.9 Å². The Kier molecular flexibility index (Phi) is 8.80. The van der Waals surface area contributed by atoms with Crippen LogP contribution < -0.4 is 4.50 Å². The van der Waals surface area contributed by atoms with E-state index in [9.17, 15) is 9.59 Å². The van der Waals surface area contributed by atoms with E-state index in [4.69, 9.17) is 9.47 Å². The number of thioether (sulfide) groups is 1. The number of carbonyl (C=O) groups is 2. The summed E-state index contributed by atoms with van der Waals surface area (Å²) in [5, 5.41) is 0.521. The van der Waals surface area contributed by atoms with Crippen molar-refractivity contribution in [1.29, 1.82) is 0 Å². The highest BCUT2D eigenvalue weighted by atomic mass is 32.2. The number of carbonyl (C=O) groups excluding carboxylic acids is 2. The summed E-state index contributed by atoms with van der Waals surface area (Å²) in [6.45, 7) is 15.7. The monoisotopic (exact) mass is 756 g/mol. The second-order valence-electron chi connectivity index (χ2n) is 12.2. The number of hydrogen-bond acceptors (Lipinski definition) is 11. The standard InChI is InChI=1S/C34H32O4S7Si/c1-8-37-33(35)19-11-18(22-13-24-30(43-22)32-26(41-24)15-28(45-32)46(5,6)7)20(34(36)38-9-2)10-17(19)21-12-23-29(42-21)31-25(40-23)14-27(44-31)39-16(3)4/h10-16H,8-9H2,1-7H3. The minimum atomic E-state index is -1.43. The highest BCUT2D eigenvalue weighted by Gasteiger charge is 2.27. The van der Waals surface area contributed by atoms with Crippen LogP contribution in [-0.2, 0) is 9.47 Å². The van der Waals surface area contributed by atoms with Gasteiger partial charge in [0.2, 0.25) is 0 Å². The van der Waals surface area contributed by atoms with Crippen LogP contribution in [0.15, 0.2) is 40.6 Å². The number of hydrogen-bond donors (Lipinski definition) is 0. The lowest BCUT2D eigenvalue weighted by atomic mass is 9.96. The zero-order valence-electron chi connectivity index (χ0n) is 26.4. The number of thiophene rings is 6. The second-order valence-corrected chi connectivity index (χ2v) is 25.8. The van der Waals surface area contributed by atoms with Gasteiger partial charge in [-0.05, 0) is 54.7 Å². The zero-order chi connectivity index (χ0) is 32.5. The maximum Gasteiger partial charge on any atom is 0.338 e. The van der Waals surface area contributed by atoms with E-state index in [0.29, 0.717) is 27.5 Å². The molecule has 0 saturated carbocycles. The maximum atomic E-state index is 13.6. The Hall–Kier alpha value is -2.03. The van der Waals surface area contributed by atoms with E-state index in [1.807, 2.05) is 60.4 Å². The molecule has 1 aromatic carbocycles. The molecule has 6 aromatic heterocycles. The van der Waals surface area contributed by atoms with E-state index >= 15 is 0 Å². The minimum absolute atomic E-state index is 0.267. The number of fused-ring (bicyclic) bond motifs is 6. The van der Waals surface area contributed by atoms with E-state index in [0.717, 1.165) is 9.75 Å². The molecule has 12 heteroatoms. The van der Waals surface area contributed by atoms with Gasteiger partial charge in [-0.2, -0.15) is 0 Å². The van der Waals surface area contributed by atoms with Crippen LogP contribution in [0.1, 0.15) is 48.4 Å². The molecule has 0 aliphatic heterocycles. The summed E-state index contributed by atoms with van der Waals surface area (Å²) >= 11 is 12.6. The molecule has 0 aliphatic rings. The molecule has 46 heavy (non-hydrogen) atoms. The van der Waals surface area contributed by atoms with E-state index in [-0.39, 0.29) is 25.2 Å². The normalized spacial score (nSPS) is 12.4. The van der Waals surface area contributed by atoms with E-state index in [1.54, 1.807) is 45.3 Å². The van der Waals surface area contributed by atoms with Gasteiger partial charge in [-0.15, -0.1) is 79.8 Å². The molecule has 0 atom stereocenters. The topological polar surface area (TPSA) is 52.6 Å². The molecule has 0 fully saturated rings. The Bertz CT molecular complexity index is 2280. The third-order valence-electron chi connectivity index (χ3n) is 7.39. The van der Waals surface area contributed by atoms with Crippen molar-refractivity contribution in [3.05, 3.63) is 47.5 Å². The van der Waals surface area contributed by atoms with Gasteiger partial charge in [0.15, 0.2) is 0 Å². The average Bonchev–Trinajstić information content (AvgIpc) is 3.80. The SMILES string of the molecule is CCOC(=O)c1cc(-c2cc3sc4cc([Si](C)(C)C)sc4c3s2)c(C(=O)OCC)cc1-c1cc2sc3cc(SC(C)C)sc3c2s1. The summed E-state index contributed by atoms with van der Waals surface area (Å²) in [5.41, 5.74) is 2.36. The van der Waals surface area contributed by atoms with Crippen molar-refractivity contribution in [2.24, 2.45) is 0 Å². The van der Waals surface area contributed by atoms with Crippen molar-refractivity contribution < 1.29 is 19.1 Å². The molecule has 0 saturated heterocycles. The third kappa shape index (κ3) is 5.82. The molecule has 6 heterocycles. The lowest BCUT2D eigenvalue weighted by Gasteiger charge is -2.14. The molecule has 4 nitrogen and oxygen atoms in total.